The molecule has 5 heteroatoms. The van der Waals surface area contributed by atoms with Gasteiger partial charge in [-0.05, 0) is 31.5 Å². The van der Waals surface area contributed by atoms with Gasteiger partial charge in [-0.1, -0.05) is 25.1 Å². The van der Waals surface area contributed by atoms with Gasteiger partial charge >= 0.3 is 0 Å². The van der Waals surface area contributed by atoms with Crippen molar-refractivity contribution in [1.29, 1.82) is 0 Å². The van der Waals surface area contributed by atoms with Crippen LogP contribution in [0.5, 0.6) is 0 Å². The van der Waals surface area contributed by atoms with E-state index < -0.39 is 15.1 Å². The summed E-state index contributed by atoms with van der Waals surface area (Å²) in [7, 11) is -3.33. The zero-order chi connectivity index (χ0) is 13.7. The molecular formula is C14H21NO3S. The number of ether oxygens (including phenoxy) is 1. The standard InChI is InChI=1S/C14H21NO3S/c1-2-9-15-13-8-10-18-11-14(13)19(16,17)12-6-4-3-5-7-12/h3-7,13-15H,2,8-11H2,1H3. The maximum atomic E-state index is 12.6. The molecule has 0 amide bonds. The fourth-order valence-corrected chi connectivity index (χ4v) is 4.19. The van der Waals surface area contributed by atoms with Crippen LogP contribution in [0.3, 0.4) is 0 Å². The Labute approximate surface area is 115 Å². The van der Waals surface area contributed by atoms with Crippen LogP contribution in [0.2, 0.25) is 0 Å². The van der Waals surface area contributed by atoms with E-state index in [1.54, 1.807) is 24.3 Å². The molecule has 106 valence electrons. The van der Waals surface area contributed by atoms with Gasteiger partial charge in [-0.2, -0.15) is 0 Å². The molecule has 1 aliphatic heterocycles. The molecule has 0 bridgehead atoms. The van der Waals surface area contributed by atoms with Gasteiger partial charge in [0.15, 0.2) is 9.84 Å². The molecule has 2 unspecified atom stereocenters. The summed E-state index contributed by atoms with van der Waals surface area (Å²) in [6, 6.07) is 8.62. The van der Waals surface area contributed by atoms with Crippen LogP contribution < -0.4 is 5.32 Å². The van der Waals surface area contributed by atoms with Gasteiger partial charge < -0.3 is 10.1 Å². The molecular weight excluding hydrogens is 262 g/mol. The van der Waals surface area contributed by atoms with Crippen LogP contribution in [0.4, 0.5) is 0 Å². The van der Waals surface area contributed by atoms with Gasteiger partial charge in [0, 0.05) is 12.6 Å². The van der Waals surface area contributed by atoms with Crippen molar-refractivity contribution < 1.29 is 13.2 Å². The van der Waals surface area contributed by atoms with Crippen LogP contribution in [0.15, 0.2) is 35.2 Å². The van der Waals surface area contributed by atoms with E-state index in [2.05, 4.69) is 12.2 Å². The third kappa shape index (κ3) is 3.35. The summed E-state index contributed by atoms with van der Waals surface area (Å²) in [5.41, 5.74) is 0. The molecule has 0 aromatic heterocycles. The Balaban J connectivity index is 2.21. The minimum Gasteiger partial charge on any atom is -0.380 e. The minimum atomic E-state index is -3.33. The third-order valence-electron chi connectivity index (χ3n) is 3.43. The van der Waals surface area contributed by atoms with Crippen molar-refractivity contribution in [3.63, 3.8) is 0 Å². The molecule has 0 saturated carbocycles. The smallest absolute Gasteiger partial charge is 0.185 e. The Morgan fingerprint density at radius 3 is 2.74 bits per heavy atom. The Bertz CT molecular complexity index is 487. The Hall–Kier alpha value is -0.910. The predicted molar refractivity (Wildman–Crippen MR) is 74.9 cm³/mol. The Morgan fingerprint density at radius 1 is 1.32 bits per heavy atom. The summed E-state index contributed by atoms with van der Waals surface area (Å²) in [4.78, 5) is 0.383. The molecule has 0 spiro atoms. The van der Waals surface area contributed by atoms with E-state index in [-0.39, 0.29) is 12.6 Å². The van der Waals surface area contributed by atoms with Crippen LogP contribution in [0.1, 0.15) is 19.8 Å². The number of benzene rings is 1. The monoisotopic (exact) mass is 283 g/mol. The molecule has 1 aromatic carbocycles. The number of nitrogens with one attached hydrogen (secondary N) is 1. The van der Waals surface area contributed by atoms with Gasteiger partial charge in [0.2, 0.25) is 0 Å². The first kappa shape index (κ1) is 14.5. The zero-order valence-corrected chi connectivity index (χ0v) is 12.0. The Kier molecular flexibility index (Phi) is 4.96. The lowest BCUT2D eigenvalue weighted by Crippen LogP contribution is -2.50. The summed E-state index contributed by atoms with van der Waals surface area (Å²) in [5, 5.41) is 2.85. The summed E-state index contributed by atoms with van der Waals surface area (Å²) < 4.78 is 30.7. The van der Waals surface area contributed by atoms with E-state index in [1.807, 2.05) is 6.07 Å². The van der Waals surface area contributed by atoms with Gasteiger partial charge in [0.25, 0.3) is 0 Å². The fourth-order valence-electron chi connectivity index (χ4n) is 2.37. The second-order valence-electron chi connectivity index (χ2n) is 4.82. The van der Waals surface area contributed by atoms with Crippen LogP contribution in [-0.4, -0.2) is 39.5 Å². The van der Waals surface area contributed by atoms with Gasteiger partial charge in [-0.3, -0.25) is 0 Å². The lowest BCUT2D eigenvalue weighted by atomic mass is 10.1. The summed E-state index contributed by atoms with van der Waals surface area (Å²) in [6.07, 6.45) is 1.74. The van der Waals surface area contributed by atoms with Gasteiger partial charge in [-0.25, -0.2) is 8.42 Å². The van der Waals surface area contributed by atoms with E-state index >= 15 is 0 Å². The number of sulfone groups is 1. The van der Waals surface area contributed by atoms with E-state index in [4.69, 9.17) is 4.74 Å². The van der Waals surface area contributed by atoms with Gasteiger partial charge in [-0.15, -0.1) is 0 Å². The lowest BCUT2D eigenvalue weighted by Gasteiger charge is -2.32. The molecule has 2 rings (SSSR count). The number of rotatable bonds is 5. The van der Waals surface area contributed by atoms with Crippen molar-refractivity contribution in [2.24, 2.45) is 0 Å². The first-order valence-electron chi connectivity index (χ1n) is 6.76. The molecule has 19 heavy (non-hydrogen) atoms. The molecule has 1 aliphatic rings. The average Bonchev–Trinajstić information content (AvgIpc) is 2.46. The first-order chi connectivity index (χ1) is 9.16. The molecule has 0 radical (unpaired) electrons. The maximum absolute atomic E-state index is 12.6. The summed E-state index contributed by atoms with van der Waals surface area (Å²) >= 11 is 0. The molecule has 1 aromatic rings. The predicted octanol–water partition coefficient (Wildman–Crippen LogP) is 1.62. The fraction of sp³-hybridized carbons (Fsp3) is 0.571. The van der Waals surface area contributed by atoms with Crippen molar-refractivity contribution in [2.45, 2.75) is 36.0 Å². The van der Waals surface area contributed by atoms with Crippen LogP contribution in [0.25, 0.3) is 0 Å². The molecule has 1 N–H and O–H groups in total. The highest BCUT2D eigenvalue weighted by Crippen LogP contribution is 2.23. The van der Waals surface area contributed by atoms with Crippen LogP contribution >= 0.6 is 0 Å². The number of hydrogen-bond acceptors (Lipinski definition) is 4. The highest BCUT2D eigenvalue weighted by atomic mass is 32.2. The van der Waals surface area contributed by atoms with Gasteiger partial charge in [0.05, 0.1) is 11.5 Å². The highest BCUT2D eigenvalue weighted by Gasteiger charge is 2.36. The third-order valence-corrected chi connectivity index (χ3v) is 5.62. The van der Waals surface area contributed by atoms with Crippen molar-refractivity contribution >= 4 is 9.84 Å². The lowest BCUT2D eigenvalue weighted by molar-refractivity contribution is 0.0808. The van der Waals surface area contributed by atoms with Crippen LogP contribution in [0, 0.1) is 0 Å². The van der Waals surface area contributed by atoms with E-state index in [9.17, 15) is 8.42 Å². The summed E-state index contributed by atoms with van der Waals surface area (Å²) in [5.74, 6) is 0. The second kappa shape index (κ2) is 6.50. The van der Waals surface area contributed by atoms with E-state index in [0.717, 1.165) is 19.4 Å². The maximum Gasteiger partial charge on any atom is 0.185 e. The normalized spacial score (nSPS) is 24.3. The largest absolute Gasteiger partial charge is 0.380 e. The average molecular weight is 283 g/mol. The van der Waals surface area contributed by atoms with Gasteiger partial charge in [0.1, 0.15) is 5.25 Å². The number of hydrogen-bond donors (Lipinski definition) is 1. The topological polar surface area (TPSA) is 55.4 Å². The quantitative estimate of drug-likeness (QED) is 0.892. The molecule has 0 aliphatic carbocycles. The molecule has 1 fully saturated rings. The molecule has 4 nitrogen and oxygen atoms in total. The summed E-state index contributed by atoms with van der Waals surface area (Å²) in [6.45, 7) is 3.82. The molecule has 1 heterocycles. The highest BCUT2D eigenvalue weighted by molar-refractivity contribution is 7.92. The van der Waals surface area contributed by atoms with Crippen LogP contribution in [-0.2, 0) is 14.6 Å². The molecule has 2 atom stereocenters. The minimum absolute atomic E-state index is 0.0149. The van der Waals surface area contributed by atoms with Crippen molar-refractivity contribution in [3.05, 3.63) is 30.3 Å². The first-order valence-corrected chi connectivity index (χ1v) is 8.31. The Morgan fingerprint density at radius 2 is 2.05 bits per heavy atom. The van der Waals surface area contributed by atoms with E-state index in [0.29, 0.717) is 11.5 Å². The van der Waals surface area contributed by atoms with Crippen molar-refractivity contribution in [3.8, 4) is 0 Å². The van der Waals surface area contributed by atoms with Crippen molar-refractivity contribution in [2.75, 3.05) is 19.8 Å². The SMILES string of the molecule is CCCNC1CCOCC1S(=O)(=O)c1ccccc1. The zero-order valence-electron chi connectivity index (χ0n) is 11.2. The van der Waals surface area contributed by atoms with Crippen molar-refractivity contribution in [1.82, 2.24) is 5.32 Å². The second-order valence-corrected chi connectivity index (χ2v) is 6.99. The van der Waals surface area contributed by atoms with E-state index in [1.165, 1.54) is 0 Å². The molecule has 1 saturated heterocycles.